The van der Waals surface area contributed by atoms with Crippen molar-refractivity contribution in [1.82, 2.24) is 0 Å². The van der Waals surface area contributed by atoms with Crippen LogP contribution in [0.15, 0.2) is 76.0 Å². The molecule has 0 aliphatic carbocycles. The maximum Gasteiger partial charge on any atom is 0.307 e. The summed E-state index contributed by atoms with van der Waals surface area (Å²) in [5, 5.41) is 7.58. The van der Waals surface area contributed by atoms with E-state index in [-0.39, 0.29) is 11.3 Å². The van der Waals surface area contributed by atoms with Gasteiger partial charge in [0.2, 0.25) is 10.0 Å². The maximum absolute atomic E-state index is 12.2. The Labute approximate surface area is 180 Å². The normalized spacial score (nSPS) is 12.2. The molecule has 0 aliphatic rings. The molecule has 0 fully saturated rings. The summed E-state index contributed by atoms with van der Waals surface area (Å²) in [6.07, 6.45) is -0.626. The Morgan fingerprint density at radius 3 is 2.35 bits per heavy atom. The minimum atomic E-state index is -3.81. The number of anilines is 1. The molecule has 162 valence electrons. The quantitative estimate of drug-likeness (QED) is 0.516. The molecule has 3 aromatic rings. The number of nitrogens with one attached hydrogen (secondary N) is 1. The number of primary sulfonamides is 1. The van der Waals surface area contributed by atoms with Gasteiger partial charge in [-0.1, -0.05) is 30.3 Å². The first-order chi connectivity index (χ1) is 14.7. The number of hydrogen-bond acceptors (Lipinski definition) is 6. The van der Waals surface area contributed by atoms with Gasteiger partial charge in [-0.15, -0.1) is 0 Å². The van der Waals surface area contributed by atoms with E-state index in [2.05, 4.69) is 5.32 Å². The smallest absolute Gasteiger partial charge is 0.307 e. The molecule has 0 saturated carbocycles. The summed E-state index contributed by atoms with van der Waals surface area (Å²) in [4.78, 5) is 24.2. The van der Waals surface area contributed by atoms with Crippen molar-refractivity contribution in [1.29, 1.82) is 0 Å². The molecule has 1 heterocycles. The Balaban J connectivity index is 1.48. The number of carbonyl (C=O) groups excluding carboxylic acids is 2. The lowest BCUT2D eigenvalue weighted by atomic mass is 10.2. The second kappa shape index (κ2) is 9.59. The standard InChI is InChI=1S/C22H22N2O6S/c1-15(22(26)24-17-7-11-19(12-8-17)31(23,27)28)29-21(25)14-10-18-9-13-20(30-18)16-5-3-2-4-6-16/h2-9,11-13,15H,10,14H2,1H3,(H,24,26)(H2,23,27,28). The zero-order chi connectivity index (χ0) is 22.4. The van der Waals surface area contributed by atoms with E-state index < -0.39 is 28.0 Å². The van der Waals surface area contributed by atoms with Crippen molar-refractivity contribution in [2.45, 2.75) is 30.8 Å². The van der Waals surface area contributed by atoms with Crippen LogP contribution in [0.25, 0.3) is 11.3 Å². The molecule has 8 nitrogen and oxygen atoms in total. The van der Waals surface area contributed by atoms with Gasteiger partial charge in [0, 0.05) is 17.7 Å². The molecule has 1 aromatic heterocycles. The third kappa shape index (κ3) is 6.27. The van der Waals surface area contributed by atoms with E-state index in [0.717, 1.165) is 5.56 Å². The average Bonchev–Trinajstić information content (AvgIpc) is 3.22. The predicted octanol–water partition coefficient (Wildman–Crippen LogP) is 3.10. The summed E-state index contributed by atoms with van der Waals surface area (Å²) in [5.41, 5.74) is 1.29. The number of ether oxygens (including phenoxy) is 1. The van der Waals surface area contributed by atoms with Crippen LogP contribution < -0.4 is 10.5 Å². The SMILES string of the molecule is CC(OC(=O)CCc1ccc(-c2ccccc2)o1)C(=O)Nc1ccc(S(N)(=O)=O)cc1. The zero-order valence-electron chi connectivity index (χ0n) is 16.8. The van der Waals surface area contributed by atoms with Crippen molar-refractivity contribution in [2.75, 3.05) is 5.32 Å². The molecule has 0 radical (unpaired) electrons. The van der Waals surface area contributed by atoms with Gasteiger partial charge in [0.25, 0.3) is 5.91 Å². The predicted molar refractivity (Wildman–Crippen MR) is 114 cm³/mol. The molecule has 1 amide bonds. The monoisotopic (exact) mass is 442 g/mol. The number of aryl methyl sites for hydroxylation is 1. The van der Waals surface area contributed by atoms with Gasteiger partial charge in [0.1, 0.15) is 11.5 Å². The highest BCUT2D eigenvalue weighted by molar-refractivity contribution is 7.89. The molecule has 0 bridgehead atoms. The Morgan fingerprint density at radius 1 is 1.03 bits per heavy atom. The van der Waals surface area contributed by atoms with Gasteiger partial charge in [-0.05, 0) is 43.3 Å². The number of esters is 1. The number of sulfonamides is 1. The van der Waals surface area contributed by atoms with Crippen LogP contribution >= 0.6 is 0 Å². The molecule has 0 aliphatic heterocycles. The molecular weight excluding hydrogens is 420 g/mol. The molecule has 1 atom stereocenters. The van der Waals surface area contributed by atoms with E-state index in [9.17, 15) is 18.0 Å². The van der Waals surface area contributed by atoms with Gasteiger partial charge < -0.3 is 14.5 Å². The van der Waals surface area contributed by atoms with Crippen LogP contribution in [-0.2, 0) is 30.8 Å². The number of carbonyl (C=O) groups is 2. The van der Waals surface area contributed by atoms with Crippen LogP contribution in [0.5, 0.6) is 0 Å². The van der Waals surface area contributed by atoms with Gasteiger partial charge in [-0.3, -0.25) is 9.59 Å². The Hall–Kier alpha value is -3.43. The van der Waals surface area contributed by atoms with Crippen LogP contribution in [0.4, 0.5) is 5.69 Å². The molecule has 3 rings (SSSR count). The van der Waals surface area contributed by atoms with E-state index in [4.69, 9.17) is 14.3 Å². The molecular formula is C22H22N2O6S. The van der Waals surface area contributed by atoms with Crippen molar-refractivity contribution in [3.8, 4) is 11.3 Å². The fourth-order valence-corrected chi connectivity index (χ4v) is 3.29. The fraction of sp³-hybridized carbons (Fsp3) is 0.182. The largest absolute Gasteiger partial charge is 0.461 e. The first kappa shape index (κ1) is 22.3. The van der Waals surface area contributed by atoms with E-state index in [1.54, 1.807) is 6.07 Å². The lowest BCUT2D eigenvalue weighted by Crippen LogP contribution is -2.30. The van der Waals surface area contributed by atoms with Crippen molar-refractivity contribution < 1.29 is 27.2 Å². The Morgan fingerprint density at radius 2 is 1.71 bits per heavy atom. The van der Waals surface area contributed by atoms with Crippen LogP contribution in [-0.4, -0.2) is 26.4 Å². The van der Waals surface area contributed by atoms with Crippen molar-refractivity contribution in [3.05, 3.63) is 72.5 Å². The van der Waals surface area contributed by atoms with Crippen LogP contribution in [0.3, 0.4) is 0 Å². The summed E-state index contributed by atoms with van der Waals surface area (Å²) >= 11 is 0. The maximum atomic E-state index is 12.2. The molecule has 9 heteroatoms. The summed E-state index contributed by atoms with van der Waals surface area (Å²) in [7, 11) is -3.81. The topological polar surface area (TPSA) is 129 Å². The fourth-order valence-electron chi connectivity index (χ4n) is 2.78. The summed E-state index contributed by atoms with van der Waals surface area (Å²) in [6.45, 7) is 1.45. The van der Waals surface area contributed by atoms with Gasteiger partial charge in [-0.2, -0.15) is 0 Å². The van der Waals surface area contributed by atoms with Gasteiger partial charge in [-0.25, -0.2) is 13.6 Å². The molecule has 0 spiro atoms. The zero-order valence-corrected chi connectivity index (χ0v) is 17.6. The lowest BCUT2D eigenvalue weighted by molar-refractivity contribution is -0.153. The number of hydrogen-bond donors (Lipinski definition) is 2. The highest BCUT2D eigenvalue weighted by atomic mass is 32.2. The highest BCUT2D eigenvalue weighted by Gasteiger charge is 2.19. The van der Waals surface area contributed by atoms with E-state index in [1.807, 2.05) is 36.4 Å². The van der Waals surface area contributed by atoms with Crippen molar-refractivity contribution in [2.24, 2.45) is 5.14 Å². The number of nitrogens with two attached hydrogens (primary N) is 1. The molecule has 3 N–H and O–H groups in total. The van der Waals surface area contributed by atoms with E-state index in [1.165, 1.54) is 31.2 Å². The van der Waals surface area contributed by atoms with Crippen molar-refractivity contribution >= 4 is 27.6 Å². The number of rotatable bonds is 8. The van der Waals surface area contributed by atoms with Crippen LogP contribution in [0.2, 0.25) is 0 Å². The third-order valence-corrected chi connectivity index (χ3v) is 5.35. The van der Waals surface area contributed by atoms with Gasteiger partial charge >= 0.3 is 5.97 Å². The lowest BCUT2D eigenvalue weighted by Gasteiger charge is -2.13. The summed E-state index contributed by atoms with van der Waals surface area (Å²) < 4.78 is 33.4. The number of furan rings is 1. The summed E-state index contributed by atoms with van der Waals surface area (Å²) in [6, 6.07) is 18.6. The second-order valence-corrected chi connectivity index (χ2v) is 8.38. The molecule has 31 heavy (non-hydrogen) atoms. The Kier molecular flexibility index (Phi) is 6.88. The molecule has 1 unspecified atom stereocenters. The number of amides is 1. The Bertz CT molecular complexity index is 1150. The summed E-state index contributed by atoms with van der Waals surface area (Å²) in [5.74, 6) is 0.277. The van der Waals surface area contributed by atoms with E-state index >= 15 is 0 Å². The minimum Gasteiger partial charge on any atom is -0.461 e. The first-order valence-electron chi connectivity index (χ1n) is 9.50. The third-order valence-electron chi connectivity index (χ3n) is 4.42. The minimum absolute atomic E-state index is 0.0580. The second-order valence-electron chi connectivity index (χ2n) is 6.82. The highest BCUT2D eigenvalue weighted by Crippen LogP contribution is 2.22. The van der Waals surface area contributed by atoms with E-state index in [0.29, 0.717) is 23.6 Å². The molecule has 0 saturated heterocycles. The van der Waals surface area contributed by atoms with Gasteiger partial charge in [0.05, 0.1) is 11.3 Å². The average molecular weight is 442 g/mol. The van der Waals surface area contributed by atoms with Gasteiger partial charge in [0.15, 0.2) is 6.10 Å². The van der Waals surface area contributed by atoms with Crippen LogP contribution in [0.1, 0.15) is 19.1 Å². The van der Waals surface area contributed by atoms with Crippen molar-refractivity contribution in [3.63, 3.8) is 0 Å². The number of benzene rings is 2. The van der Waals surface area contributed by atoms with Crippen LogP contribution in [0, 0.1) is 0 Å². The molecule has 2 aromatic carbocycles. The first-order valence-corrected chi connectivity index (χ1v) is 11.0.